The molecular formula is C23H24O8. The molecule has 2 aliphatic rings. The first-order chi connectivity index (χ1) is 14.7. The van der Waals surface area contributed by atoms with Gasteiger partial charge in [0.1, 0.15) is 18.0 Å². The minimum Gasteiger partial charge on any atom is -0.508 e. The van der Waals surface area contributed by atoms with Gasteiger partial charge in [-0.2, -0.15) is 0 Å². The van der Waals surface area contributed by atoms with Gasteiger partial charge in [0, 0.05) is 37.3 Å². The number of esters is 3. The largest absolute Gasteiger partial charge is 0.508 e. The molecule has 8 nitrogen and oxygen atoms in total. The van der Waals surface area contributed by atoms with E-state index in [1.54, 1.807) is 18.2 Å². The molecule has 0 saturated heterocycles. The average Bonchev–Trinajstić information content (AvgIpc) is 3.51. The first kappa shape index (κ1) is 22.3. The molecule has 1 N–H and O–H groups in total. The van der Waals surface area contributed by atoms with Crippen LogP contribution in [0.3, 0.4) is 0 Å². The Morgan fingerprint density at radius 1 is 1.19 bits per heavy atom. The van der Waals surface area contributed by atoms with Crippen LogP contribution < -0.4 is 0 Å². The van der Waals surface area contributed by atoms with Crippen LogP contribution in [0, 0.1) is 11.8 Å². The van der Waals surface area contributed by atoms with Gasteiger partial charge in [0.15, 0.2) is 11.9 Å². The highest BCUT2D eigenvalue weighted by atomic mass is 16.6. The van der Waals surface area contributed by atoms with E-state index in [-0.39, 0.29) is 17.5 Å². The van der Waals surface area contributed by atoms with Crippen molar-refractivity contribution in [1.29, 1.82) is 0 Å². The number of Topliss-reactive ketones (excluding diaryl/α,β-unsaturated/α-hetero) is 1. The molecule has 0 unspecified atom stereocenters. The van der Waals surface area contributed by atoms with Gasteiger partial charge in [-0.1, -0.05) is 18.2 Å². The number of hydrogen-bond donors (Lipinski definition) is 1. The summed E-state index contributed by atoms with van der Waals surface area (Å²) in [5.41, 5.74) is 0.691. The van der Waals surface area contributed by atoms with Crippen molar-refractivity contribution >= 4 is 29.8 Å². The Morgan fingerprint density at radius 3 is 2.55 bits per heavy atom. The quantitative estimate of drug-likeness (QED) is 0.381. The summed E-state index contributed by atoms with van der Waals surface area (Å²) in [6.45, 7) is 2.76. The molecule has 5 atom stereocenters. The summed E-state index contributed by atoms with van der Waals surface area (Å²) in [6, 6.07) is 6.24. The molecule has 8 heteroatoms. The minimum absolute atomic E-state index is 0.115. The zero-order chi connectivity index (χ0) is 22.5. The number of rotatable bonds is 8. The van der Waals surface area contributed by atoms with Crippen LogP contribution in [-0.2, 0) is 33.4 Å². The van der Waals surface area contributed by atoms with E-state index in [4.69, 9.17) is 14.2 Å². The van der Waals surface area contributed by atoms with Gasteiger partial charge in [-0.3, -0.25) is 9.59 Å². The van der Waals surface area contributed by atoms with Crippen LogP contribution in [-0.4, -0.2) is 47.1 Å². The van der Waals surface area contributed by atoms with E-state index in [0.717, 1.165) is 0 Å². The highest BCUT2D eigenvalue weighted by Crippen LogP contribution is 2.46. The van der Waals surface area contributed by atoms with E-state index in [2.05, 4.69) is 0 Å². The van der Waals surface area contributed by atoms with Crippen LogP contribution in [0.4, 0.5) is 0 Å². The van der Waals surface area contributed by atoms with Crippen LogP contribution in [0.1, 0.15) is 32.3 Å². The topological polar surface area (TPSA) is 116 Å². The van der Waals surface area contributed by atoms with Crippen LogP contribution in [0.2, 0.25) is 0 Å². The second-order valence-corrected chi connectivity index (χ2v) is 7.60. The van der Waals surface area contributed by atoms with E-state index in [0.29, 0.717) is 18.4 Å². The Hall–Kier alpha value is -3.42. The van der Waals surface area contributed by atoms with Crippen molar-refractivity contribution in [2.24, 2.45) is 11.8 Å². The average molecular weight is 428 g/mol. The van der Waals surface area contributed by atoms with Gasteiger partial charge < -0.3 is 19.3 Å². The van der Waals surface area contributed by atoms with Crippen LogP contribution in [0.25, 0.3) is 6.08 Å². The summed E-state index contributed by atoms with van der Waals surface area (Å²) in [7, 11) is 0. The Bertz CT molecular complexity index is 914. The Kier molecular flexibility index (Phi) is 6.89. The van der Waals surface area contributed by atoms with E-state index in [1.165, 1.54) is 44.2 Å². The minimum atomic E-state index is -0.973. The molecule has 164 valence electrons. The van der Waals surface area contributed by atoms with E-state index >= 15 is 0 Å². The second-order valence-electron chi connectivity index (χ2n) is 7.60. The van der Waals surface area contributed by atoms with Gasteiger partial charge in [-0.05, 0) is 37.1 Å². The smallest absolute Gasteiger partial charge is 0.331 e. The lowest BCUT2D eigenvalue weighted by molar-refractivity contribution is -0.167. The first-order valence-electron chi connectivity index (χ1n) is 10.0. The molecule has 1 aromatic carbocycles. The molecule has 0 amide bonds. The molecule has 1 saturated carbocycles. The van der Waals surface area contributed by atoms with Crippen molar-refractivity contribution < 1.29 is 38.5 Å². The molecule has 1 fully saturated rings. The number of hydrogen-bond acceptors (Lipinski definition) is 8. The van der Waals surface area contributed by atoms with Crippen molar-refractivity contribution in [2.45, 2.75) is 45.0 Å². The fraction of sp³-hybridized carbons (Fsp3) is 0.391. The van der Waals surface area contributed by atoms with Gasteiger partial charge in [-0.15, -0.1) is 0 Å². The number of phenolic OH excluding ortho intramolecular Hbond substituents is 1. The predicted molar refractivity (Wildman–Crippen MR) is 108 cm³/mol. The highest BCUT2D eigenvalue weighted by Gasteiger charge is 2.53. The lowest BCUT2D eigenvalue weighted by Gasteiger charge is -2.27. The molecule has 1 aromatic rings. The Labute approximate surface area is 179 Å². The van der Waals surface area contributed by atoms with Crippen molar-refractivity contribution in [3.8, 4) is 5.75 Å². The van der Waals surface area contributed by atoms with Crippen molar-refractivity contribution in [1.82, 2.24) is 0 Å². The molecule has 0 radical (unpaired) electrons. The molecule has 1 heterocycles. The van der Waals surface area contributed by atoms with Gasteiger partial charge in [0.2, 0.25) is 0 Å². The fourth-order valence-corrected chi connectivity index (χ4v) is 3.59. The Morgan fingerprint density at radius 2 is 1.90 bits per heavy atom. The summed E-state index contributed by atoms with van der Waals surface area (Å²) in [4.78, 5) is 47.8. The zero-order valence-corrected chi connectivity index (χ0v) is 17.2. The summed E-state index contributed by atoms with van der Waals surface area (Å²) in [5.74, 6) is -2.61. The first-order valence-corrected chi connectivity index (χ1v) is 10.0. The predicted octanol–water partition coefficient (Wildman–Crippen LogP) is 2.35. The van der Waals surface area contributed by atoms with Gasteiger partial charge >= 0.3 is 17.9 Å². The maximum Gasteiger partial charge on any atom is 0.331 e. The van der Waals surface area contributed by atoms with E-state index < -0.39 is 42.1 Å². The van der Waals surface area contributed by atoms with Crippen molar-refractivity contribution in [3.63, 3.8) is 0 Å². The van der Waals surface area contributed by atoms with Crippen LogP contribution >= 0.6 is 0 Å². The number of benzene rings is 1. The van der Waals surface area contributed by atoms with Gasteiger partial charge in [-0.25, -0.2) is 9.59 Å². The Balaban J connectivity index is 1.56. The zero-order valence-electron chi connectivity index (χ0n) is 17.2. The number of carbonyl (C=O) groups excluding carboxylic acids is 4. The lowest BCUT2D eigenvalue weighted by atomic mass is 10.0. The number of phenols is 1. The number of aromatic hydroxyl groups is 1. The van der Waals surface area contributed by atoms with E-state index in [9.17, 15) is 24.3 Å². The SMILES string of the molecule is CC(=O)O[C@@H]([C@H]1C[C@H]1C(=O)[C@@H](C)OC(=O)/C=C\c1ccc(O)cc1)[C@H]1CC=CC(=O)O1. The number of ketones is 1. The molecule has 1 aliphatic heterocycles. The summed E-state index contributed by atoms with van der Waals surface area (Å²) >= 11 is 0. The van der Waals surface area contributed by atoms with Crippen LogP contribution in [0.15, 0.2) is 42.5 Å². The second kappa shape index (κ2) is 9.59. The standard InChI is InChI=1S/C23H24O8/c1-13(29-21(27)11-8-15-6-9-16(25)10-7-15)22(28)17-12-18(17)23(30-14(2)24)19-4-3-5-20(26)31-19/h3,5-11,13,17-19,23,25H,4,12H2,1-2H3/b11-8-/t13-,17-,18+,19-,23+/m1/s1. The van der Waals surface area contributed by atoms with E-state index in [1.807, 2.05) is 0 Å². The molecule has 31 heavy (non-hydrogen) atoms. The molecule has 0 bridgehead atoms. The van der Waals surface area contributed by atoms with Gasteiger partial charge in [0.05, 0.1) is 0 Å². The summed E-state index contributed by atoms with van der Waals surface area (Å²) in [5, 5.41) is 9.27. The van der Waals surface area contributed by atoms with Crippen molar-refractivity contribution in [3.05, 3.63) is 48.1 Å². The van der Waals surface area contributed by atoms with Crippen molar-refractivity contribution in [2.75, 3.05) is 0 Å². The molecule has 0 aromatic heterocycles. The number of carbonyl (C=O) groups is 4. The maximum atomic E-state index is 12.7. The lowest BCUT2D eigenvalue weighted by Crippen LogP contribution is -2.38. The third-order valence-electron chi connectivity index (χ3n) is 5.18. The number of cyclic esters (lactones) is 1. The monoisotopic (exact) mass is 428 g/mol. The molecule has 3 rings (SSSR count). The molecular weight excluding hydrogens is 404 g/mol. The maximum absolute atomic E-state index is 12.7. The van der Waals surface area contributed by atoms with Crippen LogP contribution in [0.5, 0.6) is 5.75 Å². The summed E-state index contributed by atoms with van der Waals surface area (Å²) in [6.07, 6.45) is 4.19. The molecule has 0 spiro atoms. The summed E-state index contributed by atoms with van der Waals surface area (Å²) < 4.78 is 15.8. The highest BCUT2D eigenvalue weighted by molar-refractivity contribution is 5.93. The van der Waals surface area contributed by atoms with Gasteiger partial charge in [0.25, 0.3) is 0 Å². The fourth-order valence-electron chi connectivity index (χ4n) is 3.59. The molecule has 1 aliphatic carbocycles. The normalized spacial score (nSPS) is 24.2. The third kappa shape index (κ3) is 6.04. The number of ether oxygens (including phenoxy) is 3. The third-order valence-corrected chi connectivity index (χ3v) is 5.18.